The summed E-state index contributed by atoms with van der Waals surface area (Å²) in [6.45, 7) is 0. The average molecular weight is 856 g/mol. The molecule has 14 rings (SSSR count). The molecule has 66 heavy (non-hydrogen) atoms. The summed E-state index contributed by atoms with van der Waals surface area (Å²) in [5, 5.41) is 5.04. The van der Waals surface area contributed by atoms with E-state index in [1.54, 1.807) is 0 Å². The van der Waals surface area contributed by atoms with E-state index in [0.29, 0.717) is 17.5 Å². The lowest BCUT2D eigenvalue weighted by molar-refractivity contribution is 0.794. The minimum Gasteiger partial charge on any atom is -0.208 e. The Bertz CT molecular complexity index is 3890. The number of hydrogen-bond donors (Lipinski definition) is 0. The van der Waals surface area contributed by atoms with Crippen molar-refractivity contribution < 1.29 is 0 Å². The van der Waals surface area contributed by atoms with E-state index in [1.165, 1.54) is 86.6 Å². The molecule has 2 aliphatic rings. The largest absolute Gasteiger partial charge is 0.208 e. The van der Waals surface area contributed by atoms with E-state index in [9.17, 15) is 0 Å². The highest BCUT2D eigenvalue weighted by molar-refractivity contribution is 7.26. The van der Waals surface area contributed by atoms with Gasteiger partial charge in [0.05, 0.1) is 5.41 Å². The molecule has 0 amide bonds. The number of benzene rings is 10. The van der Waals surface area contributed by atoms with Crippen molar-refractivity contribution >= 4 is 42.3 Å². The Kier molecular flexibility index (Phi) is 8.07. The van der Waals surface area contributed by atoms with Crippen molar-refractivity contribution in [2.24, 2.45) is 0 Å². The third kappa shape index (κ3) is 5.34. The maximum atomic E-state index is 5.41. The van der Waals surface area contributed by atoms with Gasteiger partial charge in [0.2, 0.25) is 0 Å². The fourth-order valence-electron chi connectivity index (χ4n) is 11.1. The van der Waals surface area contributed by atoms with E-state index in [0.717, 1.165) is 27.8 Å². The Balaban J connectivity index is 0.955. The molecule has 2 aliphatic carbocycles. The van der Waals surface area contributed by atoms with E-state index in [1.807, 2.05) is 11.3 Å². The quantitative estimate of drug-likeness (QED) is 0.173. The number of thiophene rings is 1. The molecule has 1 spiro atoms. The molecule has 0 saturated carbocycles. The first-order chi connectivity index (χ1) is 32.7. The molecule has 0 aliphatic heterocycles. The molecule has 306 valence electrons. The van der Waals surface area contributed by atoms with Gasteiger partial charge in [-0.25, -0.2) is 15.0 Å². The van der Waals surface area contributed by atoms with Gasteiger partial charge >= 0.3 is 0 Å². The molecule has 0 unspecified atom stereocenters. The topological polar surface area (TPSA) is 38.7 Å². The zero-order valence-electron chi connectivity index (χ0n) is 35.6. The lowest BCUT2D eigenvalue weighted by atomic mass is 9.70. The van der Waals surface area contributed by atoms with Gasteiger partial charge in [0.15, 0.2) is 17.5 Å². The highest BCUT2D eigenvalue weighted by Crippen LogP contribution is 2.63. The van der Waals surface area contributed by atoms with Crippen molar-refractivity contribution in [3.8, 4) is 78.7 Å². The summed E-state index contributed by atoms with van der Waals surface area (Å²) in [5.74, 6) is 1.92. The van der Waals surface area contributed by atoms with E-state index in [-0.39, 0.29) is 0 Å². The van der Waals surface area contributed by atoms with Crippen LogP contribution in [0.3, 0.4) is 0 Å². The van der Waals surface area contributed by atoms with Crippen LogP contribution in [0.25, 0.3) is 110 Å². The van der Waals surface area contributed by atoms with Crippen molar-refractivity contribution in [1.29, 1.82) is 0 Å². The second kappa shape index (κ2) is 14.3. The third-order valence-electron chi connectivity index (χ3n) is 14.0. The van der Waals surface area contributed by atoms with Crippen molar-refractivity contribution in [2.45, 2.75) is 5.41 Å². The molecule has 0 saturated heterocycles. The Hall–Kier alpha value is -8.31. The molecule has 2 heterocycles. The minimum atomic E-state index is -0.474. The lowest BCUT2D eigenvalue weighted by Gasteiger charge is -2.30. The summed E-state index contributed by atoms with van der Waals surface area (Å²) in [6.07, 6.45) is 0. The number of fused-ring (bicyclic) bond motifs is 14. The molecule has 2 aromatic heterocycles. The lowest BCUT2D eigenvalue weighted by Crippen LogP contribution is -2.25. The number of nitrogens with zero attached hydrogens (tertiary/aromatic N) is 3. The Morgan fingerprint density at radius 2 is 0.727 bits per heavy atom. The molecule has 0 N–H and O–H groups in total. The highest BCUT2D eigenvalue weighted by atomic mass is 32.1. The van der Waals surface area contributed by atoms with Crippen LogP contribution in [0.5, 0.6) is 0 Å². The van der Waals surface area contributed by atoms with E-state index in [2.05, 4.69) is 224 Å². The Morgan fingerprint density at radius 1 is 0.288 bits per heavy atom. The second-order valence-electron chi connectivity index (χ2n) is 17.4. The monoisotopic (exact) mass is 855 g/mol. The molecule has 0 bridgehead atoms. The van der Waals surface area contributed by atoms with Crippen LogP contribution < -0.4 is 0 Å². The van der Waals surface area contributed by atoms with Gasteiger partial charge in [-0.3, -0.25) is 0 Å². The number of aromatic nitrogens is 3. The fraction of sp³-hybridized carbons (Fsp3) is 0.0161. The maximum absolute atomic E-state index is 5.41. The predicted molar refractivity (Wildman–Crippen MR) is 274 cm³/mol. The first-order valence-electron chi connectivity index (χ1n) is 22.5. The SMILES string of the molecule is c1ccc2c(c1)-c1ccccc1C21c2ccccc2-c2c(-c3nc(-c4ccc(-c5cccc6ccccc56)cc4)nc(-c4ccc(-c5cccc6c5sc5ccccc56)cc4)n3)cccc21. The zero-order valence-corrected chi connectivity index (χ0v) is 36.4. The van der Waals surface area contributed by atoms with Crippen LogP contribution in [-0.4, -0.2) is 15.0 Å². The van der Waals surface area contributed by atoms with Gasteiger partial charge in [-0.1, -0.05) is 218 Å². The second-order valence-corrected chi connectivity index (χ2v) is 18.4. The van der Waals surface area contributed by atoms with Crippen LogP contribution in [0.2, 0.25) is 0 Å². The first-order valence-corrected chi connectivity index (χ1v) is 23.3. The van der Waals surface area contributed by atoms with Gasteiger partial charge in [-0.05, 0) is 83.6 Å². The normalized spacial score (nSPS) is 13.0. The molecular weight excluding hydrogens is 819 g/mol. The standard InChI is InChI=1S/C62H37N3S/c1-2-16-43-38(14-1)15-11-21-44(43)39-30-34-41(35-31-39)59-63-60(42-36-32-40(33-37-42)45-22-12-23-49-48-19-6-10-29-56(48)66-58(45)49)65-61(64-59)51-24-13-28-55-57(51)50-20-5-9-27-54(50)62(55)52-25-7-3-17-46(52)47-18-4-8-26-53(47)62/h1-37H. The van der Waals surface area contributed by atoms with Gasteiger partial charge in [-0.15, -0.1) is 11.3 Å². The van der Waals surface area contributed by atoms with Gasteiger partial charge < -0.3 is 0 Å². The number of hydrogen-bond acceptors (Lipinski definition) is 4. The highest BCUT2D eigenvalue weighted by Gasteiger charge is 2.52. The molecule has 12 aromatic rings. The van der Waals surface area contributed by atoms with Crippen LogP contribution >= 0.6 is 11.3 Å². The number of rotatable bonds is 5. The molecule has 0 atom stereocenters. The first kappa shape index (κ1) is 37.1. The Morgan fingerprint density at radius 3 is 1.44 bits per heavy atom. The molecule has 3 nitrogen and oxygen atoms in total. The average Bonchev–Trinajstić information content (AvgIpc) is 4.03. The van der Waals surface area contributed by atoms with Crippen molar-refractivity contribution in [1.82, 2.24) is 15.0 Å². The van der Waals surface area contributed by atoms with E-state index < -0.39 is 5.41 Å². The molecular formula is C62H37N3S. The van der Waals surface area contributed by atoms with Crippen LogP contribution in [0.1, 0.15) is 22.3 Å². The molecule has 4 heteroatoms. The molecule has 0 fully saturated rings. The van der Waals surface area contributed by atoms with Crippen LogP contribution in [0.15, 0.2) is 224 Å². The smallest absolute Gasteiger partial charge is 0.164 e. The third-order valence-corrected chi connectivity index (χ3v) is 15.2. The summed E-state index contributed by atoms with van der Waals surface area (Å²) < 4.78 is 2.60. The summed E-state index contributed by atoms with van der Waals surface area (Å²) in [5.41, 5.74) is 17.2. The fourth-order valence-corrected chi connectivity index (χ4v) is 12.4. The molecule has 0 radical (unpaired) electrons. The van der Waals surface area contributed by atoms with Crippen molar-refractivity contribution in [2.75, 3.05) is 0 Å². The summed E-state index contributed by atoms with van der Waals surface area (Å²) in [6, 6.07) is 81.4. The summed E-state index contributed by atoms with van der Waals surface area (Å²) >= 11 is 1.85. The van der Waals surface area contributed by atoms with Crippen molar-refractivity contribution in [3.63, 3.8) is 0 Å². The van der Waals surface area contributed by atoms with Crippen LogP contribution in [-0.2, 0) is 5.41 Å². The predicted octanol–water partition coefficient (Wildman–Crippen LogP) is 16.1. The summed E-state index contributed by atoms with van der Waals surface area (Å²) in [4.78, 5) is 16.1. The maximum Gasteiger partial charge on any atom is 0.164 e. The molecule has 10 aromatic carbocycles. The van der Waals surface area contributed by atoms with Gasteiger partial charge in [0.1, 0.15) is 0 Å². The van der Waals surface area contributed by atoms with E-state index in [4.69, 9.17) is 15.0 Å². The minimum absolute atomic E-state index is 0.474. The van der Waals surface area contributed by atoms with Crippen LogP contribution in [0, 0.1) is 0 Å². The van der Waals surface area contributed by atoms with Gasteiger partial charge in [0.25, 0.3) is 0 Å². The van der Waals surface area contributed by atoms with Gasteiger partial charge in [-0.2, -0.15) is 0 Å². The van der Waals surface area contributed by atoms with Crippen LogP contribution in [0.4, 0.5) is 0 Å². The Labute approximate surface area is 386 Å². The summed E-state index contributed by atoms with van der Waals surface area (Å²) in [7, 11) is 0. The van der Waals surface area contributed by atoms with Crippen molar-refractivity contribution in [3.05, 3.63) is 247 Å². The van der Waals surface area contributed by atoms with Gasteiger partial charge in [0, 0.05) is 36.9 Å². The zero-order chi connectivity index (χ0) is 43.3. The van der Waals surface area contributed by atoms with E-state index >= 15 is 0 Å².